The van der Waals surface area contributed by atoms with E-state index in [4.69, 9.17) is 0 Å². The van der Waals surface area contributed by atoms with Gasteiger partial charge in [0, 0.05) is 5.56 Å². The molecule has 0 aromatic heterocycles. The van der Waals surface area contributed by atoms with E-state index in [1.807, 2.05) is 0 Å². The normalized spacial score (nSPS) is 10.4. The third-order valence-electron chi connectivity index (χ3n) is 1.63. The molecule has 0 aliphatic carbocycles. The van der Waals surface area contributed by atoms with Crippen LogP contribution in [0.15, 0.2) is 36.4 Å². The molecule has 0 unspecified atom stereocenters. The van der Waals surface area contributed by atoms with Crippen LogP contribution in [0.5, 0.6) is 0 Å². The van der Waals surface area contributed by atoms with Crippen LogP contribution in [-0.2, 0) is 6.18 Å². The van der Waals surface area contributed by atoms with Gasteiger partial charge in [0.05, 0.1) is 5.56 Å². The summed E-state index contributed by atoms with van der Waals surface area (Å²) in [6, 6.07) is 4.72. The summed E-state index contributed by atoms with van der Waals surface area (Å²) in [5.41, 5.74) is 0.560. The Morgan fingerprint density at radius 1 is 1.20 bits per heavy atom. The first kappa shape index (κ1) is 11.4. The second-order valence-corrected chi connectivity index (χ2v) is 3.11. The van der Waals surface area contributed by atoms with E-state index >= 15 is 0 Å². The zero-order chi connectivity index (χ0) is 11.5. The Morgan fingerprint density at radius 3 is 2.13 bits per heavy atom. The van der Waals surface area contributed by atoms with Crippen molar-refractivity contribution in [3.05, 3.63) is 47.5 Å². The molecule has 0 heterocycles. The SMILES string of the molecule is C=C(C)C#Cc1ccc(C(F)(F)F)cc1. The summed E-state index contributed by atoms with van der Waals surface area (Å²) in [6.07, 6.45) is -4.29. The summed E-state index contributed by atoms with van der Waals surface area (Å²) >= 11 is 0. The number of hydrogen-bond donors (Lipinski definition) is 0. The van der Waals surface area contributed by atoms with Crippen molar-refractivity contribution in [2.24, 2.45) is 0 Å². The number of halogens is 3. The van der Waals surface area contributed by atoms with Crippen LogP contribution in [0, 0.1) is 11.8 Å². The first-order valence-electron chi connectivity index (χ1n) is 4.24. The van der Waals surface area contributed by atoms with Crippen molar-refractivity contribution in [2.45, 2.75) is 13.1 Å². The molecule has 15 heavy (non-hydrogen) atoms. The lowest BCUT2D eigenvalue weighted by molar-refractivity contribution is -0.137. The molecular weight excluding hydrogens is 201 g/mol. The Labute approximate surface area is 86.4 Å². The van der Waals surface area contributed by atoms with E-state index in [0.29, 0.717) is 11.1 Å². The van der Waals surface area contributed by atoms with Gasteiger partial charge in [0.2, 0.25) is 0 Å². The molecule has 0 bridgehead atoms. The van der Waals surface area contributed by atoms with Crippen LogP contribution in [0.4, 0.5) is 13.2 Å². The van der Waals surface area contributed by atoms with Gasteiger partial charge in [0.25, 0.3) is 0 Å². The van der Waals surface area contributed by atoms with Crippen LogP contribution in [0.1, 0.15) is 18.1 Å². The average molecular weight is 210 g/mol. The topological polar surface area (TPSA) is 0 Å². The number of alkyl halides is 3. The quantitative estimate of drug-likeness (QED) is 0.573. The summed E-state index contributed by atoms with van der Waals surface area (Å²) in [6.45, 7) is 5.31. The number of allylic oxidation sites excluding steroid dienone is 1. The third kappa shape index (κ3) is 3.51. The standard InChI is InChI=1S/C12H9F3/c1-9(2)3-4-10-5-7-11(8-6-10)12(13,14)15/h5-8H,1H2,2H3. The Morgan fingerprint density at radius 2 is 1.73 bits per heavy atom. The van der Waals surface area contributed by atoms with E-state index < -0.39 is 11.7 Å². The fourth-order valence-electron chi connectivity index (χ4n) is 0.921. The highest BCUT2D eigenvalue weighted by Crippen LogP contribution is 2.28. The van der Waals surface area contributed by atoms with Gasteiger partial charge in [-0.15, -0.1) is 0 Å². The maximum absolute atomic E-state index is 12.2. The highest BCUT2D eigenvalue weighted by Gasteiger charge is 2.29. The molecule has 0 atom stereocenters. The molecule has 0 aliphatic rings. The predicted octanol–water partition coefficient (Wildman–Crippen LogP) is 3.63. The van der Waals surface area contributed by atoms with Crippen LogP contribution >= 0.6 is 0 Å². The molecule has 3 heteroatoms. The first-order chi connectivity index (χ1) is 6.89. The second-order valence-electron chi connectivity index (χ2n) is 3.11. The molecule has 0 spiro atoms. The van der Waals surface area contributed by atoms with E-state index in [9.17, 15) is 13.2 Å². The summed E-state index contributed by atoms with van der Waals surface area (Å²) in [7, 11) is 0. The van der Waals surface area contributed by atoms with E-state index in [0.717, 1.165) is 12.1 Å². The summed E-state index contributed by atoms with van der Waals surface area (Å²) in [5, 5.41) is 0. The summed E-state index contributed by atoms with van der Waals surface area (Å²) in [5.74, 6) is 5.40. The lowest BCUT2D eigenvalue weighted by atomic mass is 10.1. The highest BCUT2D eigenvalue weighted by molar-refractivity contribution is 5.40. The van der Waals surface area contributed by atoms with Gasteiger partial charge in [-0.1, -0.05) is 18.4 Å². The highest BCUT2D eigenvalue weighted by atomic mass is 19.4. The van der Waals surface area contributed by atoms with Gasteiger partial charge in [0.15, 0.2) is 0 Å². The maximum Gasteiger partial charge on any atom is 0.416 e. The second kappa shape index (κ2) is 4.22. The van der Waals surface area contributed by atoms with E-state index in [-0.39, 0.29) is 0 Å². The monoisotopic (exact) mass is 210 g/mol. The van der Waals surface area contributed by atoms with Crippen LogP contribution in [-0.4, -0.2) is 0 Å². The van der Waals surface area contributed by atoms with E-state index in [1.165, 1.54) is 12.1 Å². The van der Waals surface area contributed by atoms with Crippen molar-refractivity contribution in [2.75, 3.05) is 0 Å². The largest absolute Gasteiger partial charge is 0.416 e. The van der Waals surface area contributed by atoms with Gasteiger partial charge >= 0.3 is 6.18 Å². The van der Waals surface area contributed by atoms with Gasteiger partial charge in [-0.25, -0.2) is 0 Å². The molecule has 1 rings (SSSR count). The number of rotatable bonds is 0. The molecule has 0 radical (unpaired) electrons. The van der Waals surface area contributed by atoms with Crippen molar-refractivity contribution in [1.29, 1.82) is 0 Å². The minimum Gasteiger partial charge on any atom is -0.166 e. The Kier molecular flexibility index (Phi) is 3.21. The molecule has 0 fully saturated rings. The molecule has 0 saturated heterocycles. The van der Waals surface area contributed by atoms with Gasteiger partial charge in [-0.2, -0.15) is 13.2 Å². The molecule has 0 N–H and O–H groups in total. The number of benzene rings is 1. The van der Waals surface area contributed by atoms with Crippen LogP contribution in [0.25, 0.3) is 0 Å². The molecule has 78 valence electrons. The third-order valence-corrected chi connectivity index (χ3v) is 1.63. The average Bonchev–Trinajstić information content (AvgIpc) is 2.14. The van der Waals surface area contributed by atoms with Crippen molar-refractivity contribution in [1.82, 2.24) is 0 Å². The van der Waals surface area contributed by atoms with Gasteiger partial charge < -0.3 is 0 Å². The minimum atomic E-state index is -4.29. The predicted molar refractivity (Wildman–Crippen MR) is 53.1 cm³/mol. The molecular formula is C12H9F3. The fraction of sp³-hybridized carbons (Fsp3) is 0.167. The summed E-state index contributed by atoms with van der Waals surface area (Å²) in [4.78, 5) is 0. The Balaban J connectivity index is 2.93. The lowest BCUT2D eigenvalue weighted by Gasteiger charge is -2.05. The molecule has 0 saturated carbocycles. The van der Waals surface area contributed by atoms with Crippen LogP contribution in [0.2, 0.25) is 0 Å². The lowest BCUT2D eigenvalue weighted by Crippen LogP contribution is -2.04. The molecule has 1 aromatic carbocycles. The zero-order valence-electron chi connectivity index (χ0n) is 8.15. The summed E-state index contributed by atoms with van der Waals surface area (Å²) < 4.78 is 36.6. The van der Waals surface area contributed by atoms with E-state index in [1.54, 1.807) is 6.92 Å². The van der Waals surface area contributed by atoms with Crippen molar-refractivity contribution >= 4 is 0 Å². The van der Waals surface area contributed by atoms with Crippen molar-refractivity contribution in [3.8, 4) is 11.8 Å². The molecule has 1 aromatic rings. The number of hydrogen-bond acceptors (Lipinski definition) is 0. The molecule has 0 aliphatic heterocycles. The first-order valence-corrected chi connectivity index (χ1v) is 4.24. The van der Waals surface area contributed by atoms with Crippen molar-refractivity contribution < 1.29 is 13.2 Å². The molecule has 0 amide bonds. The fourth-order valence-corrected chi connectivity index (χ4v) is 0.921. The van der Waals surface area contributed by atoms with Crippen LogP contribution in [0.3, 0.4) is 0 Å². The minimum absolute atomic E-state index is 0.547. The molecule has 0 nitrogen and oxygen atoms in total. The Hall–Kier alpha value is -1.69. The van der Waals surface area contributed by atoms with E-state index in [2.05, 4.69) is 18.4 Å². The zero-order valence-corrected chi connectivity index (χ0v) is 8.15. The Bertz CT molecular complexity index is 413. The van der Waals surface area contributed by atoms with Crippen LogP contribution < -0.4 is 0 Å². The van der Waals surface area contributed by atoms with Gasteiger partial charge in [-0.05, 0) is 36.8 Å². The van der Waals surface area contributed by atoms with Crippen molar-refractivity contribution in [3.63, 3.8) is 0 Å². The maximum atomic E-state index is 12.2. The van der Waals surface area contributed by atoms with Gasteiger partial charge in [0.1, 0.15) is 0 Å². The smallest absolute Gasteiger partial charge is 0.166 e. The van der Waals surface area contributed by atoms with Gasteiger partial charge in [-0.3, -0.25) is 0 Å².